The van der Waals surface area contributed by atoms with Crippen LogP contribution in [-0.2, 0) is 34.7 Å². The standard InChI is InChI=1S/C16H21BrF3NO6.C5H12O/c17-13-11-14(16(18,19)20)15(21-12-13)27-10-9-26-8-7-25-6-5-24-4-3-23-2-1-22;1-5(2,3)6-4/h1,11-12H,2-10H2;1-4H3. The van der Waals surface area contributed by atoms with Gasteiger partial charge in [0.05, 0.1) is 51.8 Å². The largest absolute Gasteiger partial charge is 0.475 e. The summed E-state index contributed by atoms with van der Waals surface area (Å²) >= 11 is 2.95. The van der Waals surface area contributed by atoms with E-state index in [1.165, 1.54) is 6.20 Å². The second-order valence-electron chi connectivity index (χ2n) is 7.25. The molecule has 1 aromatic heterocycles. The molecule has 33 heavy (non-hydrogen) atoms. The third-order valence-electron chi connectivity index (χ3n) is 3.50. The van der Waals surface area contributed by atoms with Crippen LogP contribution in [0.4, 0.5) is 13.2 Å². The number of halogens is 4. The van der Waals surface area contributed by atoms with Crippen molar-refractivity contribution in [1.82, 2.24) is 4.98 Å². The monoisotopic (exact) mass is 547 g/mol. The lowest BCUT2D eigenvalue weighted by atomic mass is 10.2. The fourth-order valence-corrected chi connectivity index (χ4v) is 2.06. The zero-order valence-electron chi connectivity index (χ0n) is 19.4. The van der Waals surface area contributed by atoms with Gasteiger partial charge in [0.15, 0.2) is 0 Å². The lowest BCUT2D eigenvalue weighted by Gasteiger charge is -2.14. The van der Waals surface area contributed by atoms with Crippen LogP contribution < -0.4 is 4.74 Å². The first-order chi connectivity index (χ1) is 15.5. The van der Waals surface area contributed by atoms with E-state index in [0.29, 0.717) is 39.3 Å². The normalized spacial score (nSPS) is 11.6. The molecule has 1 heterocycles. The van der Waals surface area contributed by atoms with Gasteiger partial charge in [0.1, 0.15) is 25.1 Å². The molecule has 0 N–H and O–H groups in total. The lowest BCUT2D eigenvalue weighted by Crippen LogP contribution is -2.15. The smallest absolute Gasteiger partial charge is 0.421 e. The van der Waals surface area contributed by atoms with Crippen LogP contribution in [0.5, 0.6) is 5.88 Å². The van der Waals surface area contributed by atoms with Crippen LogP contribution in [-0.4, -0.2) is 83.4 Å². The van der Waals surface area contributed by atoms with Gasteiger partial charge in [-0.1, -0.05) is 0 Å². The van der Waals surface area contributed by atoms with E-state index in [1.807, 2.05) is 20.8 Å². The molecule has 12 heteroatoms. The number of pyridine rings is 1. The van der Waals surface area contributed by atoms with Crippen molar-refractivity contribution >= 4 is 22.2 Å². The molecule has 0 aliphatic heterocycles. The molecule has 0 atom stereocenters. The topological polar surface area (TPSA) is 85.3 Å². The highest BCUT2D eigenvalue weighted by molar-refractivity contribution is 9.10. The summed E-state index contributed by atoms with van der Waals surface area (Å²) in [7, 11) is 1.71. The summed E-state index contributed by atoms with van der Waals surface area (Å²) in [6.45, 7) is 8.18. The van der Waals surface area contributed by atoms with Crippen molar-refractivity contribution in [1.29, 1.82) is 0 Å². The van der Waals surface area contributed by atoms with Crippen molar-refractivity contribution in [3.63, 3.8) is 0 Å². The Kier molecular flexibility index (Phi) is 17.4. The quantitative estimate of drug-likeness (QED) is 0.241. The third-order valence-corrected chi connectivity index (χ3v) is 3.94. The fourth-order valence-electron chi connectivity index (χ4n) is 1.73. The molecule has 0 spiro atoms. The van der Waals surface area contributed by atoms with Gasteiger partial charge in [-0.15, -0.1) is 0 Å². The number of hydrogen-bond donors (Lipinski definition) is 0. The summed E-state index contributed by atoms with van der Waals surface area (Å²) in [4.78, 5) is 13.6. The molecule has 0 aliphatic carbocycles. The Labute approximate surface area is 201 Å². The van der Waals surface area contributed by atoms with Crippen molar-refractivity contribution in [3.8, 4) is 5.88 Å². The molecule has 192 valence electrons. The highest BCUT2D eigenvalue weighted by Crippen LogP contribution is 2.36. The summed E-state index contributed by atoms with van der Waals surface area (Å²) in [5, 5.41) is 0. The molecule has 0 aromatic carbocycles. The number of alkyl halides is 3. The average molecular weight is 548 g/mol. The van der Waals surface area contributed by atoms with Gasteiger partial charge in [0.25, 0.3) is 0 Å². The van der Waals surface area contributed by atoms with E-state index in [9.17, 15) is 18.0 Å². The first kappa shape index (κ1) is 31.7. The first-order valence-electron chi connectivity index (χ1n) is 10.2. The minimum absolute atomic E-state index is 0.0417. The molecule has 0 saturated heterocycles. The minimum atomic E-state index is -4.55. The Hall–Kier alpha value is -1.31. The molecule has 0 radical (unpaired) electrons. The number of nitrogens with zero attached hydrogens (tertiary/aromatic N) is 1. The molecule has 1 rings (SSSR count). The second-order valence-corrected chi connectivity index (χ2v) is 8.16. The van der Waals surface area contributed by atoms with Crippen LogP contribution in [0.3, 0.4) is 0 Å². The van der Waals surface area contributed by atoms with Gasteiger partial charge in [-0.05, 0) is 42.8 Å². The lowest BCUT2D eigenvalue weighted by molar-refractivity contribution is -0.139. The molecule has 8 nitrogen and oxygen atoms in total. The summed E-state index contributed by atoms with van der Waals surface area (Å²) in [5.41, 5.74) is -0.906. The zero-order valence-corrected chi connectivity index (χ0v) is 21.0. The van der Waals surface area contributed by atoms with Crippen LogP contribution >= 0.6 is 15.9 Å². The van der Waals surface area contributed by atoms with Crippen molar-refractivity contribution in [2.45, 2.75) is 32.5 Å². The first-order valence-corrected chi connectivity index (χ1v) is 11.0. The van der Waals surface area contributed by atoms with E-state index < -0.39 is 17.6 Å². The maximum atomic E-state index is 12.9. The Bertz CT molecular complexity index is 643. The number of methoxy groups -OCH3 is 1. The highest BCUT2D eigenvalue weighted by atomic mass is 79.9. The van der Waals surface area contributed by atoms with Crippen LogP contribution in [0.15, 0.2) is 16.7 Å². The number of carbonyl (C=O) groups excluding carboxylic acids is 1. The molecule has 0 aliphatic rings. The summed E-state index contributed by atoms with van der Waals surface area (Å²) < 4.78 is 69.4. The fraction of sp³-hybridized carbons (Fsp3) is 0.714. The Morgan fingerprint density at radius 1 is 0.909 bits per heavy atom. The summed E-state index contributed by atoms with van der Waals surface area (Å²) in [5.74, 6) is -0.486. The van der Waals surface area contributed by atoms with Gasteiger partial charge in [-0.25, -0.2) is 4.98 Å². The van der Waals surface area contributed by atoms with E-state index in [0.717, 1.165) is 6.07 Å². The van der Waals surface area contributed by atoms with Crippen molar-refractivity contribution in [2.24, 2.45) is 0 Å². The van der Waals surface area contributed by atoms with Gasteiger partial charge < -0.3 is 33.2 Å². The van der Waals surface area contributed by atoms with Gasteiger partial charge in [-0.2, -0.15) is 13.2 Å². The SMILES string of the molecule is COC(C)(C)C.O=CCOCCOCCOCCOCCOc1ncc(Br)cc1C(F)(F)F. The van der Waals surface area contributed by atoms with E-state index in [1.54, 1.807) is 7.11 Å². The van der Waals surface area contributed by atoms with Gasteiger partial charge >= 0.3 is 6.18 Å². The number of aldehydes is 1. The number of rotatable bonds is 15. The van der Waals surface area contributed by atoms with Gasteiger partial charge in [-0.3, -0.25) is 0 Å². The van der Waals surface area contributed by atoms with Gasteiger partial charge in [0.2, 0.25) is 5.88 Å². The number of hydrogen-bond acceptors (Lipinski definition) is 8. The molecule has 0 amide bonds. The Morgan fingerprint density at radius 3 is 1.79 bits per heavy atom. The van der Waals surface area contributed by atoms with Crippen LogP contribution in [0.1, 0.15) is 26.3 Å². The van der Waals surface area contributed by atoms with Crippen LogP contribution in [0.25, 0.3) is 0 Å². The molecular weight excluding hydrogens is 515 g/mol. The molecule has 1 aromatic rings. The molecule has 0 unspecified atom stereocenters. The molecule has 0 saturated carbocycles. The Morgan fingerprint density at radius 2 is 1.36 bits per heavy atom. The third kappa shape index (κ3) is 18.8. The minimum Gasteiger partial charge on any atom is -0.475 e. The second kappa shape index (κ2) is 18.1. The number of ether oxygens (including phenoxy) is 6. The Balaban J connectivity index is 0.00000150. The number of aromatic nitrogens is 1. The maximum absolute atomic E-state index is 12.9. The predicted octanol–water partition coefficient (Wildman–Crippen LogP) is 3.94. The van der Waals surface area contributed by atoms with E-state index in [2.05, 4.69) is 20.9 Å². The number of carbonyl (C=O) groups is 1. The molecule has 0 fully saturated rings. The average Bonchev–Trinajstić information content (AvgIpc) is 2.74. The van der Waals surface area contributed by atoms with E-state index in [-0.39, 0.29) is 36.5 Å². The van der Waals surface area contributed by atoms with Crippen LogP contribution in [0.2, 0.25) is 0 Å². The maximum Gasteiger partial charge on any atom is 0.421 e. The molecule has 0 bridgehead atoms. The summed E-state index contributed by atoms with van der Waals surface area (Å²) in [6.07, 6.45) is -2.65. The highest BCUT2D eigenvalue weighted by Gasteiger charge is 2.35. The molecular formula is C21H33BrF3NO7. The summed E-state index contributed by atoms with van der Waals surface area (Å²) in [6, 6.07) is 0.910. The van der Waals surface area contributed by atoms with Crippen molar-refractivity contribution in [3.05, 3.63) is 22.3 Å². The van der Waals surface area contributed by atoms with Crippen LogP contribution in [0, 0.1) is 0 Å². The van der Waals surface area contributed by atoms with Crippen molar-refractivity contribution in [2.75, 3.05) is 66.6 Å². The van der Waals surface area contributed by atoms with E-state index >= 15 is 0 Å². The van der Waals surface area contributed by atoms with Crippen molar-refractivity contribution < 1.29 is 46.4 Å². The zero-order chi connectivity index (χ0) is 25.2. The van der Waals surface area contributed by atoms with Gasteiger partial charge in [0, 0.05) is 17.8 Å². The predicted molar refractivity (Wildman–Crippen MR) is 119 cm³/mol. The van der Waals surface area contributed by atoms with E-state index in [4.69, 9.17) is 28.4 Å².